The third-order valence-electron chi connectivity index (χ3n) is 6.35. The molecule has 0 spiro atoms. The van der Waals surface area contributed by atoms with Gasteiger partial charge >= 0.3 is 0 Å². The van der Waals surface area contributed by atoms with Gasteiger partial charge in [0, 0.05) is 61.4 Å². The van der Waals surface area contributed by atoms with E-state index >= 15 is 0 Å². The molecule has 1 aromatic heterocycles. The molecule has 0 saturated heterocycles. The number of anilines is 1. The van der Waals surface area contributed by atoms with Crippen LogP contribution in [0.15, 0.2) is 35.0 Å². The zero-order valence-corrected chi connectivity index (χ0v) is 20.9. The maximum Gasteiger partial charge on any atom is 0.256 e. The van der Waals surface area contributed by atoms with Crippen LogP contribution in [0.5, 0.6) is 0 Å². The fourth-order valence-electron chi connectivity index (χ4n) is 4.64. The fraction of sp³-hybridized carbons (Fsp3) is 0.407. The summed E-state index contributed by atoms with van der Waals surface area (Å²) in [5.74, 6) is -0.134. The maximum absolute atomic E-state index is 13.2. The van der Waals surface area contributed by atoms with Crippen molar-refractivity contribution in [3.8, 4) is 0 Å². The Morgan fingerprint density at radius 2 is 1.97 bits per heavy atom. The Hall–Kier alpha value is -3.56. The molecule has 190 valence electrons. The molecule has 36 heavy (non-hydrogen) atoms. The lowest BCUT2D eigenvalue weighted by atomic mass is 9.99. The van der Waals surface area contributed by atoms with E-state index < -0.39 is 0 Å². The molecular weight excluding hydrogens is 456 g/mol. The Morgan fingerprint density at radius 3 is 2.69 bits per heavy atom. The molecule has 0 radical (unpaired) electrons. The molecule has 0 aliphatic carbocycles. The van der Waals surface area contributed by atoms with Gasteiger partial charge in [-0.3, -0.25) is 14.6 Å². The quantitative estimate of drug-likeness (QED) is 0.450. The van der Waals surface area contributed by atoms with Crippen LogP contribution in [0, 0.1) is 0 Å². The van der Waals surface area contributed by atoms with Crippen molar-refractivity contribution in [2.45, 2.75) is 52.7 Å². The van der Waals surface area contributed by atoms with Gasteiger partial charge in [-0.1, -0.05) is 13.8 Å². The third-order valence-corrected chi connectivity index (χ3v) is 6.35. The monoisotopic (exact) mass is 490 g/mol. The average Bonchev–Trinajstić information content (AvgIpc) is 3.04. The van der Waals surface area contributed by atoms with Crippen molar-refractivity contribution in [2.75, 3.05) is 25.0 Å². The summed E-state index contributed by atoms with van der Waals surface area (Å²) >= 11 is 0. The first kappa shape index (κ1) is 25.5. The van der Waals surface area contributed by atoms with Crippen LogP contribution in [0.25, 0.3) is 6.08 Å². The summed E-state index contributed by atoms with van der Waals surface area (Å²) in [5, 5.41) is 16.3. The SMILES string of the molecule is CCCN(CCC)C(=O)C1=Cc2cc(CO)c(C(=O)Nc3cnc4c(c3)CNCC4)cc2N=C(N)C1. The van der Waals surface area contributed by atoms with Gasteiger partial charge in [-0.2, -0.15) is 0 Å². The molecule has 0 unspecified atom stereocenters. The predicted molar refractivity (Wildman–Crippen MR) is 141 cm³/mol. The minimum atomic E-state index is -0.372. The molecular formula is C27H34N6O3. The minimum Gasteiger partial charge on any atom is -0.392 e. The summed E-state index contributed by atoms with van der Waals surface area (Å²) in [5.41, 5.74) is 11.3. The van der Waals surface area contributed by atoms with Gasteiger partial charge < -0.3 is 26.4 Å². The number of nitrogens with zero attached hydrogens (tertiary/aromatic N) is 3. The molecule has 5 N–H and O–H groups in total. The smallest absolute Gasteiger partial charge is 0.256 e. The van der Waals surface area contributed by atoms with E-state index in [1.165, 1.54) is 0 Å². The van der Waals surface area contributed by atoms with Gasteiger partial charge in [-0.05, 0) is 48.2 Å². The van der Waals surface area contributed by atoms with Crippen molar-refractivity contribution >= 4 is 35.1 Å². The van der Waals surface area contributed by atoms with Crippen molar-refractivity contribution in [1.29, 1.82) is 0 Å². The van der Waals surface area contributed by atoms with Crippen LogP contribution >= 0.6 is 0 Å². The normalized spacial score (nSPS) is 14.6. The van der Waals surface area contributed by atoms with Gasteiger partial charge in [0.25, 0.3) is 5.91 Å². The molecule has 9 nitrogen and oxygen atoms in total. The minimum absolute atomic E-state index is 0.0635. The molecule has 0 atom stereocenters. The molecule has 2 amide bonds. The summed E-state index contributed by atoms with van der Waals surface area (Å²) in [4.78, 5) is 37.3. The Balaban J connectivity index is 1.65. The molecule has 0 bridgehead atoms. The summed E-state index contributed by atoms with van der Waals surface area (Å²) in [6.07, 6.45) is 6.24. The number of aliphatic hydroxyl groups is 1. The first-order chi connectivity index (χ1) is 17.4. The molecule has 2 aliphatic heterocycles. The number of amidine groups is 1. The second-order valence-electron chi connectivity index (χ2n) is 9.18. The molecule has 4 rings (SSSR count). The fourth-order valence-corrected chi connectivity index (χ4v) is 4.64. The number of fused-ring (bicyclic) bond motifs is 2. The lowest BCUT2D eigenvalue weighted by Gasteiger charge is -2.22. The zero-order chi connectivity index (χ0) is 25.7. The Morgan fingerprint density at radius 1 is 1.19 bits per heavy atom. The molecule has 2 aliphatic rings. The number of nitrogens with two attached hydrogens (primary N) is 1. The Labute approximate surface area is 211 Å². The van der Waals surface area contributed by atoms with E-state index in [4.69, 9.17) is 5.73 Å². The number of benzene rings is 1. The van der Waals surface area contributed by atoms with Crippen LogP contribution in [-0.4, -0.2) is 52.3 Å². The highest BCUT2D eigenvalue weighted by atomic mass is 16.3. The first-order valence-corrected chi connectivity index (χ1v) is 12.5. The van der Waals surface area contributed by atoms with E-state index in [2.05, 4.69) is 20.6 Å². The lowest BCUT2D eigenvalue weighted by Crippen LogP contribution is -2.34. The standard InChI is InChI=1S/C27H34N6O3/c1-3-7-33(8-4-2)27(36)18-9-17-10-20(16-34)22(13-24(17)32-25(28)12-18)26(35)31-21-11-19-14-29-6-5-23(19)30-15-21/h9-11,13,15,29,34H,3-8,12,14,16H2,1-2H3,(H2,28,32)(H,31,35). The van der Waals surface area contributed by atoms with E-state index in [1.54, 1.807) is 24.4 Å². The van der Waals surface area contributed by atoms with E-state index in [0.29, 0.717) is 59.1 Å². The largest absolute Gasteiger partial charge is 0.392 e. The topological polar surface area (TPSA) is 133 Å². The maximum atomic E-state index is 13.2. The number of aromatic nitrogens is 1. The molecule has 0 fully saturated rings. The van der Waals surface area contributed by atoms with Crippen molar-refractivity contribution < 1.29 is 14.7 Å². The Bertz CT molecular complexity index is 1210. The van der Waals surface area contributed by atoms with Gasteiger partial charge in [0.05, 0.1) is 24.2 Å². The van der Waals surface area contributed by atoms with E-state index in [-0.39, 0.29) is 24.8 Å². The van der Waals surface area contributed by atoms with Crippen molar-refractivity contribution in [1.82, 2.24) is 15.2 Å². The Kier molecular flexibility index (Phi) is 8.12. The first-order valence-electron chi connectivity index (χ1n) is 12.5. The van der Waals surface area contributed by atoms with Crippen LogP contribution in [0.2, 0.25) is 0 Å². The van der Waals surface area contributed by atoms with E-state index in [9.17, 15) is 14.7 Å². The highest BCUT2D eigenvalue weighted by Gasteiger charge is 2.23. The van der Waals surface area contributed by atoms with Crippen LogP contribution in [0.4, 0.5) is 11.4 Å². The summed E-state index contributed by atoms with van der Waals surface area (Å²) in [7, 11) is 0. The number of hydrogen-bond acceptors (Lipinski definition) is 7. The highest BCUT2D eigenvalue weighted by molar-refractivity contribution is 6.08. The number of pyridine rings is 1. The van der Waals surface area contributed by atoms with E-state index in [0.717, 1.165) is 37.1 Å². The summed E-state index contributed by atoms with van der Waals surface area (Å²) < 4.78 is 0. The number of carbonyl (C=O) groups excluding carboxylic acids is 2. The number of rotatable bonds is 8. The summed E-state index contributed by atoms with van der Waals surface area (Å²) in [6.45, 7) is 6.69. The van der Waals surface area contributed by atoms with Crippen LogP contribution < -0.4 is 16.4 Å². The van der Waals surface area contributed by atoms with Gasteiger partial charge in [0.15, 0.2) is 0 Å². The number of hydrogen-bond donors (Lipinski definition) is 4. The van der Waals surface area contributed by atoms with Gasteiger partial charge in [-0.15, -0.1) is 0 Å². The second kappa shape index (κ2) is 11.5. The molecule has 3 heterocycles. The number of nitrogens with one attached hydrogen (secondary N) is 2. The second-order valence-corrected chi connectivity index (χ2v) is 9.18. The van der Waals surface area contributed by atoms with Crippen LogP contribution in [0.1, 0.15) is 65.9 Å². The van der Waals surface area contributed by atoms with Gasteiger partial charge in [0.2, 0.25) is 5.91 Å². The van der Waals surface area contributed by atoms with Crippen LogP contribution in [-0.2, 0) is 24.4 Å². The molecule has 9 heteroatoms. The number of carbonyl (C=O) groups is 2. The van der Waals surface area contributed by atoms with Crippen LogP contribution in [0.3, 0.4) is 0 Å². The molecule has 1 aromatic carbocycles. The number of aliphatic hydroxyl groups excluding tert-OH is 1. The van der Waals surface area contributed by atoms with E-state index in [1.807, 2.05) is 24.8 Å². The predicted octanol–water partition coefficient (Wildman–Crippen LogP) is 2.90. The number of aliphatic imine (C=N–C) groups is 1. The van der Waals surface area contributed by atoms with Crippen molar-refractivity contribution in [3.05, 3.63) is 57.9 Å². The number of amides is 2. The zero-order valence-electron chi connectivity index (χ0n) is 20.9. The molecule has 2 aromatic rings. The molecule has 0 saturated carbocycles. The lowest BCUT2D eigenvalue weighted by molar-refractivity contribution is -0.127. The summed E-state index contributed by atoms with van der Waals surface area (Å²) in [6, 6.07) is 5.25. The van der Waals surface area contributed by atoms with Gasteiger partial charge in [0.1, 0.15) is 5.84 Å². The van der Waals surface area contributed by atoms with Crippen molar-refractivity contribution in [2.24, 2.45) is 10.7 Å². The van der Waals surface area contributed by atoms with Crippen molar-refractivity contribution in [3.63, 3.8) is 0 Å². The van der Waals surface area contributed by atoms with Gasteiger partial charge in [-0.25, -0.2) is 4.99 Å². The average molecular weight is 491 g/mol. The third kappa shape index (κ3) is 5.63. The highest BCUT2D eigenvalue weighted by Crippen LogP contribution is 2.31.